The van der Waals surface area contributed by atoms with E-state index in [-0.39, 0.29) is 17.5 Å². The number of hydrogen-bond acceptors (Lipinski definition) is 6. The van der Waals surface area contributed by atoms with Crippen molar-refractivity contribution in [3.63, 3.8) is 0 Å². The van der Waals surface area contributed by atoms with E-state index in [9.17, 15) is 17.4 Å². The van der Waals surface area contributed by atoms with E-state index in [0.717, 1.165) is 31.9 Å². The average molecular weight is 542 g/mol. The van der Waals surface area contributed by atoms with Crippen molar-refractivity contribution in [1.29, 1.82) is 0 Å². The number of alkyl halides is 2. The van der Waals surface area contributed by atoms with E-state index in [4.69, 9.17) is 20.8 Å². The van der Waals surface area contributed by atoms with Crippen molar-refractivity contribution >= 4 is 28.5 Å². The van der Waals surface area contributed by atoms with Crippen LogP contribution in [0.2, 0.25) is 5.02 Å². The lowest BCUT2D eigenvalue weighted by molar-refractivity contribution is -0.0719. The molecule has 36 heavy (non-hydrogen) atoms. The summed E-state index contributed by atoms with van der Waals surface area (Å²) in [7, 11) is 0. The molecule has 3 heterocycles. The first-order valence-corrected chi connectivity index (χ1v) is 12.8. The molecule has 2 aliphatic heterocycles. The Kier molecular flexibility index (Phi) is 7.58. The maximum Gasteiger partial charge on any atom is 0.314 e. The Balaban J connectivity index is 1.34. The van der Waals surface area contributed by atoms with Gasteiger partial charge in [0.2, 0.25) is 5.89 Å². The second-order valence-electron chi connectivity index (χ2n) is 8.47. The van der Waals surface area contributed by atoms with E-state index in [2.05, 4.69) is 15.1 Å². The largest absolute Gasteiger partial charge is 0.415 e. The predicted octanol–water partition coefficient (Wildman–Crippen LogP) is 4.07. The molecule has 0 aliphatic carbocycles. The highest BCUT2D eigenvalue weighted by Gasteiger charge is 2.32. The predicted molar refractivity (Wildman–Crippen MR) is 128 cm³/mol. The molecule has 2 aromatic carbocycles. The Labute approximate surface area is 213 Å². The SMILES string of the molecule is O=S(N1CCN(C2COC2)CC1)N(Cc1ccc(-c2nnc(C(F)F)o2)cc1)c1ccc(F)c(Cl)c1. The van der Waals surface area contributed by atoms with Gasteiger partial charge in [0.25, 0.3) is 5.89 Å². The lowest BCUT2D eigenvalue weighted by Crippen LogP contribution is -2.57. The molecular formula is C23H23ClF3N5O3S. The number of aromatic nitrogens is 2. The summed E-state index contributed by atoms with van der Waals surface area (Å²) in [6, 6.07) is 11.5. The van der Waals surface area contributed by atoms with Crippen LogP contribution in [-0.4, -0.2) is 69.0 Å². The molecule has 2 fully saturated rings. The van der Waals surface area contributed by atoms with Crippen LogP contribution in [0.5, 0.6) is 0 Å². The topological polar surface area (TPSA) is 74.9 Å². The number of ether oxygens (including phenoxy) is 1. The molecular weight excluding hydrogens is 519 g/mol. The van der Waals surface area contributed by atoms with Gasteiger partial charge in [-0.3, -0.25) is 9.21 Å². The van der Waals surface area contributed by atoms with Crippen molar-refractivity contribution in [1.82, 2.24) is 19.4 Å². The zero-order chi connectivity index (χ0) is 25.2. The summed E-state index contributed by atoms with van der Waals surface area (Å²) in [4.78, 5) is 2.34. The Morgan fingerprint density at radius 2 is 1.81 bits per heavy atom. The number of hydrogen-bond donors (Lipinski definition) is 0. The van der Waals surface area contributed by atoms with E-state index < -0.39 is 29.3 Å². The third-order valence-corrected chi connectivity index (χ3v) is 7.98. The second kappa shape index (κ2) is 10.9. The van der Waals surface area contributed by atoms with Crippen LogP contribution in [0.3, 0.4) is 0 Å². The summed E-state index contributed by atoms with van der Waals surface area (Å²) in [6.07, 6.45) is -2.85. The monoisotopic (exact) mass is 541 g/mol. The van der Waals surface area contributed by atoms with Crippen LogP contribution in [0.15, 0.2) is 46.9 Å². The molecule has 13 heteroatoms. The first-order valence-electron chi connectivity index (χ1n) is 11.3. The lowest BCUT2D eigenvalue weighted by Gasteiger charge is -2.42. The number of nitrogens with zero attached hydrogens (tertiary/aromatic N) is 5. The number of halogens is 4. The second-order valence-corrected chi connectivity index (χ2v) is 10.3. The minimum atomic E-state index is -2.85. The van der Waals surface area contributed by atoms with E-state index in [0.29, 0.717) is 30.4 Å². The summed E-state index contributed by atoms with van der Waals surface area (Å²) < 4.78 is 66.9. The normalized spacial score (nSPS) is 18.4. The first kappa shape index (κ1) is 25.2. The van der Waals surface area contributed by atoms with E-state index in [1.807, 2.05) is 4.31 Å². The van der Waals surface area contributed by atoms with Crippen LogP contribution in [0.25, 0.3) is 11.5 Å². The summed E-state index contributed by atoms with van der Waals surface area (Å²) in [5.74, 6) is -1.32. The van der Waals surface area contributed by atoms with Gasteiger partial charge in [-0.15, -0.1) is 10.2 Å². The molecule has 8 nitrogen and oxygen atoms in total. The highest BCUT2D eigenvalue weighted by Crippen LogP contribution is 2.28. The fraction of sp³-hybridized carbons (Fsp3) is 0.391. The van der Waals surface area contributed by atoms with Crippen molar-refractivity contribution in [2.45, 2.75) is 19.0 Å². The Bertz CT molecular complexity index is 1220. The maximum absolute atomic E-state index is 13.8. The van der Waals surface area contributed by atoms with Gasteiger partial charge in [-0.05, 0) is 35.9 Å². The number of rotatable bonds is 8. The van der Waals surface area contributed by atoms with Crippen molar-refractivity contribution in [3.05, 3.63) is 64.8 Å². The Morgan fingerprint density at radius 1 is 1.08 bits per heavy atom. The van der Waals surface area contributed by atoms with Crippen molar-refractivity contribution in [2.24, 2.45) is 0 Å². The smallest absolute Gasteiger partial charge is 0.314 e. The molecule has 0 spiro atoms. The molecule has 192 valence electrons. The van der Waals surface area contributed by atoms with Crippen LogP contribution in [-0.2, 0) is 22.5 Å². The number of anilines is 1. The summed E-state index contributed by atoms with van der Waals surface area (Å²) in [5, 5.41) is 6.94. The third kappa shape index (κ3) is 5.42. The quantitative estimate of drug-likeness (QED) is 0.428. The molecule has 0 radical (unpaired) electrons. The van der Waals surface area contributed by atoms with Crippen LogP contribution in [0.4, 0.5) is 18.9 Å². The van der Waals surface area contributed by atoms with E-state index >= 15 is 0 Å². The fourth-order valence-electron chi connectivity index (χ4n) is 4.03. The molecule has 1 unspecified atom stereocenters. The van der Waals surface area contributed by atoms with E-state index in [1.165, 1.54) is 12.1 Å². The minimum absolute atomic E-state index is 0.0164. The van der Waals surface area contributed by atoms with Crippen LogP contribution in [0, 0.1) is 5.82 Å². The zero-order valence-corrected chi connectivity index (χ0v) is 20.6. The third-order valence-electron chi connectivity index (χ3n) is 6.17. The van der Waals surface area contributed by atoms with Gasteiger partial charge in [0.1, 0.15) is 5.82 Å². The number of piperazine rings is 1. The standard InChI is InChI=1S/C23H23ClF3N5O3S/c24-19-11-17(5-6-20(19)25)32(36(33)31-9-7-30(8-10-31)18-13-34-14-18)12-15-1-3-16(4-2-15)22-28-29-23(35-22)21(26)27/h1-6,11,18,21H,7-10,12-14H2. The van der Waals surface area contributed by atoms with E-state index in [1.54, 1.807) is 34.6 Å². The number of benzene rings is 2. The fourth-order valence-corrected chi connectivity index (χ4v) is 5.52. The first-order chi connectivity index (χ1) is 17.4. The van der Waals surface area contributed by atoms with Gasteiger partial charge in [-0.1, -0.05) is 23.7 Å². The molecule has 1 aromatic heterocycles. The van der Waals surface area contributed by atoms with Gasteiger partial charge < -0.3 is 9.15 Å². The van der Waals surface area contributed by atoms with Gasteiger partial charge in [0, 0.05) is 31.7 Å². The van der Waals surface area contributed by atoms with Gasteiger partial charge in [0.05, 0.1) is 36.5 Å². The van der Waals surface area contributed by atoms with Crippen LogP contribution in [0.1, 0.15) is 17.9 Å². The molecule has 0 N–H and O–H groups in total. The van der Waals surface area contributed by atoms with Crippen molar-refractivity contribution < 1.29 is 26.5 Å². The summed E-state index contributed by atoms with van der Waals surface area (Å²) >= 11 is 4.47. The maximum atomic E-state index is 13.8. The Hall–Kier alpha value is -2.51. The molecule has 0 amide bonds. The van der Waals surface area contributed by atoms with Gasteiger partial charge >= 0.3 is 6.43 Å². The van der Waals surface area contributed by atoms with Crippen molar-refractivity contribution in [2.75, 3.05) is 43.7 Å². The van der Waals surface area contributed by atoms with Crippen LogP contribution < -0.4 is 4.31 Å². The average Bonchev–Trinajstić information content (AvgIpc) is 3.35. The lowest BCUT2D eigenvalue weighted by atomic mass is 10.1. The van der Waals surface area contributed by atoms with Gasteiger partial charge in [-0.25, -0.2) is 12.9 Å². The molecule has 5 rings (SSSR count). The molecule has 0 saturated carbocycles. The summed E-state index contributed by atoms with van der Waals surface area (Å²) in [6.45, 7) is 4.46. The Morgan fingerprint density at radius 3 is 2.39 bits per heavy atom. The van der Waals surface area contributed by atoms with Crippen molar-refractivity contribution in [3.8, 4) is 11.5 Å². The molecule has 1 atom stereocenters. The molecule has 3 aromatic rings. The highest BCUT2D eigenvalue weighted by atomic mass is 35.5. The molecule has 2 aliphatic rings. The van der Waals surface area contributed by atoms with Gasteiger partial charge in [-0.2, -0.15) is 8.78 Å². The summed E-state index contributed by atoms with van der Waals surface area (Å²) in [5.41, 5.74) is 1.77. The molecule has 2 saturated heterocycles. The highest BCUT2D eigenvalue weighted by molar-refractivity contribution is 7.84. The molecule has 0 bridgehead atoms. The zero-order valence-electron chi connectivity index (χ0n) is 19.0. The minimum Gasteiger partial charge on any atom is -0.415 e. The van der Waals surface area contributed by atoms with Crippen LogP contribution >= 0.6 is 11.6 Å². The van der Waals surface area contributed by atoms with Gasteiger partial charge in [0.15, 0.2) is 11.2 Å².